The number of benzene rings is 1. The summed E-state index contributed by atoms with van der Waals surface area (Å²) in [4.78, 5) is 35.4. The number of aryl methyl sites for hydroxylation is 1. The Morgan fingerprint density at radius 2 is 2.00 bits per heavy atom. The number of azide groups is 1. The lowest BCUT2D eigenvalue weighted by Crippen LogP contribution is -2.50. The minimum Gasteiger partial charge on any atom is -0.391 e. The molecule has 2 heterocycles. The molecule has 9 nitrogen and oxygen atoms in total. The number of carbonyl (C=O) groups excluding carboxylic acids is 2. The topological polar surface area (TPSA) is 131 Å². The lowest BCUT2D eigenvalue weighted by atomic mass is 10.0. The number of aliphatic hydroxyl groups is 1. The number of thiazole rings is 1. The van der Waals surface area contributed by atoms with Gasteiger partial charge in [-0.2, -0.15) is 0 Å². The first-order chi connectivity index (χ1) is 15.2. The number of hydrogen-bond donors (Lipinski definition) is 2. The van der Waals surface area contributed by atoms with Crippen molar-refractivity contribution in [3.63, 3.8) is 0 Å². The van der Waals surface area contributed by atoms with Gasteiger partial charge in [0.25, 0.3) is 0 Å². The van der Waals surface area contributed by atoms with Crippen LogP contribution in [0.4, 0.5) is 0 Å². The van der Waals surface area contributed by atoms with E-state index in [1.54, 1.807) is 25.2 Å². The summed E-state index contributed by atoms with van der Waals surface area (Å²) in [6.07, 6.45) is -0.652. The van der Waals surface area contributed by atoms with Crippen LogP contribution >= 0.6 is 11.3 Å². The lowest BCUT2D eigenvalue weighted by Gasteiger charge is -2.28. The van der Waals surface area contributed by atoms with E-state index < -0.39 is 24.1 Å². The van der Waals surface area contributed by atoms with E-state index in [4.69, 9.17) is 5.53 Å². The lowest BCUT2D eigenvalue weighted by molar-refractivity contribution is -0.140. The molecule has 0 radical (unpaired) electrons. The number of carbonyl (C=O) groups is 2. The number of nitrogens with zero attached hydrogens (tertiary/aromatic N) is 5. The predicted molar refractivity (Wildman–Crippen MR) is 123 cm³/mol. The molecule has 0 spiro atoms. The van der Waals surface area contributed by atoms with E-state index in [1.807, 2.05) is 43.6 Å². The smallest absolute Gasteiger partial charge is 0.243 e. The van der Waals surface area contributed by atoms with Crippen LogP contribution in [-0.2, 0) is 9.59 Å². The monoisotopic (exact) mass is 456 g/mol. The zero-order chi connectivity index (χ0) is 23.4. The second-order valence-electron chi connectivity index (χ2n) is 8.41. The number of aromatic nitrogens is 1. The van der Waals surface area contributed by atoms with Crippen LogP contribution in [-0.4, -0.2) is 51.5 Å². The third kappa shape index (κ3) is 5.09. The van der Waals surface area contributed by atoms with Crippen molar-refractivity contribution in [3.05, 3.63) is 51.5 Å². The summed E-state index contributed by atoms with van der Waals surface area (Å²) in [6, 6.07) is 5.91. The summed E-state index contributed by atoms with van der Waals surface area (Å²) >= 11 is 1.58. The minimum atomic E-state index is -0.916. The van der Waals surface area contributed by atoms with E-state index >= 15 is 0 Å². The van der Waals surface area contributed by atoms with Gasteiger partial charge in [0.05, 0.1) is 28.2 Å². The molecule has 1 aliphatic heterocycles. The number of nitrogens with one attached hydrogen (secondary N) is 1. The Labute approximate surface area is 191 Å². The number of β-amino-alcohol motifs (C(OH)–C–C–N with tert-alkyl or cyclic N) is 1. The Balaban J connectivity index is 1.71. The van der Waals surface area contributed by atoms with Gasteiger partial charge in [0.2, 0.25) is 11.8 Å². The second-order valence-corrected chi connectivity index (χ2v) is 9.26. The summed E-state index contributed by atoms with van der Waals surface area (Å²) in [5, 5.41) is 16.7. The van der Waals surface area contributed by atoms with Crippen LogP contribution in [0.1, 0.15) is 44.5 Å². The maximum absolute atomic E-state index is 13.0. The van der Waals surface area contributed by atoms with Gasteiger partial charge in [0, 0.05) is 17.9 Å². The molecule has 1 aliphatic rings. The fourth-order valence-corrected chi connectivity index (χ4v) is 4.71. The van der Waals surface area contributed by atoms with Crippen molar-refractivity contribution >= 4 is 23.2 Å². The Hall–Kier alpha value is -2.94. The molecule has 2 amide bonds. The van der Waals surface area contributed by atoms with Gasteiger partial charge in [0.1, 0.15) is 12.1 Å². The van der Waals surface area contributed by atoms with Gasteiger partial charge in [-0.3, -0.25) is 9.59 Å². The SMILES string of the molecule is Cc1ncsc1-c1ccc([C@H](C)NC(=O)[C@@H]2C[C@@H](O)CN2C(=O)[C@@H](N=[N+]=[N-])C(C)C)cc1. The third-order valence-corrected chi connectivity index (χ3v) is 6.68. The molecule has 1 aromatic heterocycles. The van der Waals surface area contributed by atoms with Crippen molar-refractivity contribution in [2.75, 3.05) is 6.54 Å². The Bertz CT molecular complexity index is 1010. The number of hydrogen-bond acceptors (Lipinski definition) is 6. The zero-order valence-corrected chi connectivity index (χ0v) is 19.4. The average molecular weight is 457 g/mol. The highest BCUT2D eigenvalue weighted by molar-refractivity contribution is 7.13. The van der Waals surface area contributed by atoms with Gasteiger partial charge in [0.15, 0.2) is 0 Å². The molecule has 4 atom stereocenters. The van der Waals surface area contributed by atoms with Gasteiger partial charge in [-0.15, -0.1) is 11.3 Å². The molecule has 1 aromatic carbocycles. The predicted octanol–water partition coefficient (Wildman–Crippen LogP) is 3.59. The molecule has 0 bridgehead atoms. The van der Waals surface area contributed by atoms with Crippen molar-refractivity contribution in [3.8, 4) is 10.4 Å². The van der Waals surface area contributed by atoms with Gasteiger partial charge in [-0.25, -0.2) is 4.98 Å². The first kappa shape index (κ1) is 23.7. The Morgan fingerprint density at radius 3 is 2.56 bits per heavy atom. The summed E-state index contributed by atoms with van der Waals surface area (Å²) in [5.41, 5.74) is 13.6. The maximum atomic E-state index is 13.0. The van der Waals surface area contributed by atoms with Crippen molar-refractivity contribution < 1.29 is 14.7 Å². The van der Waals surface area contributed by atoms with E-state index in [9.17, 15) is 14.7 Å². The summed E-state index contributed by atoms with van der Waals surface area (Å²) in [5.74, 6) is -1.00. The largest absolute Gasteiger partial charge is 0.391 e. The molecule has 0 saturated carbocycles. The molecule has 10 heteroatoms. The molecule has 170 valence electrons. The van der Waals surface area contributed by atoms with Crippen LogP contribution in [0.5, 0.6) is 0 Å². The maximum Gasteiger partial charge on any atom is 0.243 e. The van der Waals surface area contributed by atoms with Crippen LogP contribution in [0.15, 0.2) is 34.9 Å². The molecular weight excluding hydrogens is 428 g/mol. The van der Waals surface area contributed by atoms with Gasteiger partial charge in [-0.05, 0) is 36.4 Å². The van der Waals surface area contributed by atoms with Crippen LogP contribution < -0.4 is 5.32 Å². The number of rotatable bonds is 7. The molecular formula is C22H28N6O3S. The van der Waals surface area contributed by atoms with Crippen LogP contribution in [0, 0.1) is 12.8 Å². The molecule has 1 saturated heterocycles. The molecule has 32 heavy (non-hydrogen) atoms. The van der Waals surface area contributed by atoms with E-state index in [0.29, 0.717) is 0 Å². The first-order valence-corrected chi connectivity index (χ1v) is 11.4. The fraction of sp³-hybridized carbons (Fsp3) is 0.500. The van der Waals surface area contributed by atoms with Gasteiger partial charge < -0.3 is 15.3 Å². The number of amides is 2. The molecule has 2 aromatic rings. The van der Waals surface area contributed by atoms with E-state index in [2.05, 4.69) is 20.3 Å². The summed E-state index contributed by atoms with van der Waals surface area (Å²) < 4.78 is 0. The molecule has 3 rings (SSSR count). The van der Waals surface area contributed by atoms with Crippen molar-refractivity contribution in [1.29, 1.82) is 0 Å². The van der Waals surface area contributed by atoms with Gasteiger partial charge in [-0.1, -0.05) is 43.2 Å². The standard InChI is InChI=1S/C22H28N6O3S/c1-12(2)19(26-27-23)22(31)28-10-17(29)9-18(28)21(30)25-13(3)15-5-7-16(8-6-15)20-14(4)24-11-32-20/h5-8,11-13,17-19,29H,9-10H2,1-4H3,(H,25,30)/t13-,17+,18-,19-/m0/s1. The number of aliphatic hydroxyl groups excluding tert-OH is 1. The van der Waals surface area contributed by atoms with Crippen LogP contribution in [0.3, 0.4) is 0 Å². The molecule has 0 aliphatic carbocycles. The Kier molecular flexibility index (Phi) is 7.50. The second kappa shape index (κ2) is 10.1. The highest BCUT2D eigenvalue weighted by atomic mass is 32.1. The Morgan fingerprint density at radius 1 is 1.31 bits per heavy atom. The van der Waals surface area contributed by atoms with Crippen LogP contribution in [0.2, 0.25) is 0 Å². The minimum absolute atomic E-state index is 0.0400. The average Bonchev–Trinajstić information content (AvgIpc) is 3.36. The molecule has 2 N–H and O–H groups in total. The van der Waals surface area contributed by atoms with E-state index in [-0.39, 0.29) is 30.8 Å². The highest BCUT2D eigenvalue weighted by Crippen LogP contribution is 2.28. The van der Waals surface area contributed by atoms with Crippen molar-refractivity contribution in [2.45, 2.75) is 58.3 Å². The number of likely N-dealkylation sites (tertiary alicyclic amines) is 1. The van der Waals surface area contributed by atoms with E-state index in [1.165, 1.54) is 4.90 Å². The summed E-state index contributed by atoms with van der Waals surface area (Å²) in [6.45, 7) is 7.44. The quantitative estimate of drug-likeness (QED) is 0.374. The first-order valence-electron chi connectivity index (χ1n) is 10.6. The normalized spacial score (nSPS) is 20.0. The fourth-order valence-electron chi connectivity index (χ4n) is 3.89. The molecule has 1 fully saturated rings. The van der Waals surface area contributed by atoms with Gasteiger partial charge >= 0.3 is 0 Å². The van der Waals surface area contributed by atoms with E-state index in [0.717, 1.165) is 21.7 Å². The summed E-state index contributed by atoms with van der Waals surface area (Å²) in [7, 11) is 0. The zero-order valence-electron chi connectivity index (χ0n) is 18.6. The highest BCUT2D eigenvalue weighted by Gasteiger charge is 2.41. The molecule has 0 unspecified atom stereocenters. The third-order valence-electron chi connectivity index (χ3n) is 5.70. The van der Waals surface area contributed by atoms with Crippen molar-refractivity contribution in [2.24, 2.45) is 11.0 Å². The van der Waals surface area contributed by atoms with Crippen LogP contribution in [0.25, 0.3) is 20.9 Å². The van der Waals surface area contributed by atoms with Crippen molar-refractivity contribution in [1.82, 2.24) is 15.2 Å².